The standard InChI is InChI=1S/C22H24ClN5O6/c1-14-16(22(23)26(2)25-14)5-7-20(30)27-8-3-9-28(27)21(31)12-32-11-19(29)24-15-4-6-17-18(10-15)34-13-33-17/h4-7,10H,3,8-9,11-13H2,1-2H3,(H,24,29). The molecule has 2 aliphatic rings. The first-order valence-corrected chi connectivity index (χ1v) is 11.0. The highest BCUT2D eigenvalue weighted by Gasteiger charge is 2.29. The Hall–Kier alpha value is -3.57. The molecule has 180 valence electrons. The number of hydrogen-bond acceptors (Lipinski definition) is 7. The first-order chi connectivity index (χ1) is 16.3. The van der Waals surface area contributed by atoms with Gasteiger partial charge in [-0.3, -0.25) is 19.1 Å². The lowest BCUT2D eigenvalue weighted by molar-refractivity contribution is -0.158. The molecule has 11 nitrogen and oxygen atoms in total. The molecule has 1 N–H and O–H groups in total. The average Bonchev–Trinajstić information content (AvgIpc) is 3.52. The van der Waals surface area contributed by atoms with Gasteiger partial charge in [-0.25, -0.2) is 10.0 Å². The van der Waals surface area contributed by atoms with E-state index in [9.17, 15) is 14.4 Å². The van der Waals surface area contributed by atoms with Crippen molar-refractivity contribution in [1.82, 2.24) is 19.8 Å². The van der Waals surface area contributed by atoms with Crippen molar-refractivity contribution < 1.29 is 28.6 Å². The smallest absolute Gasteiger partial charge is 0.267 e. The number of nitrogens with zero attached hydrogens (tertiary/aromatic N) is 4. The van der Waals surface area contributed by atoms with E-state index < -0.39 is 11.8 Å². The van der Waals surface area contributed by atoms with Crippen LogP contribution in [0.1, 0.15) is 17.7 Å². The van der Waals surface area contributed by atoms with Crippen LogP contribution in [0.4, 0.5) is 5.69 Å². The van der Waals surface area contributed by atoms with Crippen LogP contribution in [0.25, 0.3) is 6.08 Å². The van der Waals surface area contributed by atoms with Crippen LogP contribution < -0.4 is 14.8 Å². The van der Waals surface area contributed by atoms with E-state index in [1.165, 1.54) is 20.8 Å². The van der Waals surface area contributed by atoms with Gasteiger partial charge in [0.05, 0.1) is 5.69 Å². The van der Waals surface area contributed by atoms with Gasteiger partial charge in [0.15, 0.2) is 11.5 Å². The third kappa shape index (κ3) is 5.15. The van der Waals surface area contributed by atoms with Crippen LogP contribution >= 0.6 is 11.6 Å². The molecule has 3 heterocycles. The molecule has 1 saturated heterocycles. The van der Waals surface area contributed by atoms with Crippen LogP contribution in [-0.2, 0) is 26.2 Å². The number of aryl methyl sites for hydroxylation is 2. The van der Waals surface area contributed by atoms with Gasteiger partial charge in [-0.05, 0) is 31.6 Å². The molecule has 1 aromatic carbocycles. The van der Waals surface area contributed by atoms with Crippen LogP contribution in [0.2, 0.25) is 5.15 Å². The number of hydrogen-bond donors (Lipinski definition) is 1. The molecule has 0 unspecified atom stereocenters. The maximum absolute atomic E-state index is 12.7. The molecular formula is C22H24ClN5O6. The number of halogens is 1. The second kappa shape index (κ2) is 10.1. The number of ether oxygens (including phenoxy) is 3. The Labute approximate surface area is 200 Å². The molecule has 1 aromatic heterocycles. The van der Waals surface area contributed by atoms with Gasteiger partial charge in [0.1, 0.15) is 18.4 Å². The quantitative estimate of drug-likeness (QED) is 0.589. The highest BCUT2D eigenvalue weighted by Crippen LogP contribution is 2.34. The van der Waals surface area contributed by atoms with E-state index in [-0.39, 0.29) is 25.9 Å². The lowest BCUT2D eigenvalue weighted by Crippen LogP contribution is -2.45. The second-order valence-corrected chi connectivity index (χ2v) is 8.05. The Bertz CT molecular complexity index is 1150. The molecule has 0 aliphatic carbocycles. The highest BCUT2D eigenvalue weighted by atomic mass is 35.5. The molecule has 0 saturated carbocycles. The van der Waals surface area contributed by atoms with Crippen molar-refractivity contribution in [2.75, 3.05) is 38.4 Å². The Morgan fingerprint density at radius 1 is 1.18 bits per heavy atom. The molecule has 34 heavy (non-hydrogen) atoms. The lowest BCUT2D eigenvalue weighted by atomic mass is 10.2. The monoisotopic (exact) mass is 489 g/mol. The summed E-state index contributed by atoms with van der Waals surface area (Å²) in [5.74, 6) is -0.0371. The van der Waals surface area contributed by atoms with Gasteiger partial charge in [-0.1, -0.05) is 11.6 Å². The molecule has 12 heteroatoms. The van der Waals surface area contributed by atoms with Crippen LogP contribution in [-0.4, -0.2) is 70.6 Å². The molecule has 0 bridgehead atoms. The number of carbonyl (C=O) groups is 3. The largest absolute Gasteiger partial charge is 0.454 e. The van der Waals surface area contributed by atoms with Crippen molar-refractivity contribution in [3.8, 4) is 11.5 Å². The molecule has 0 atom stereocenters. The van der Waals surface area contributed by atoms with E-state index in [2.05, 4.69) is 10.4 Å². The second-order valence-electron chi connectivity index (χ2n) is 7.69. The number of aromatic nitrogens is 2. The number of nitrogens with one attached hydrogen (secondary N) is 1. The normalized spacial score (nSPS) is 14.8. The summed E-state index contributed by atoms with van der Waals surface area (Å²) in [5.41, 5.74) is 1.86. The summed E-state index contributed by atoms with van der Waals surface area (Å²) in [7, 11) is 1.71. The van der Waals surface area contributed by atoms with Crippen LogP contribution in [0.3, 0.4) is 0 Å². The van der Waals surface area contributed by atoms with Crippen molar-refractivity contribution in [2.45, 2.75) is 13.3 Å². The summed E-state index contributed by atoms with van der Waals surface area (Å²) >= 11 is 6.19. The zero-order chi connectivity index (χ0) is 24.2. The van der Waals surface area contributed by atoms with Gasteiger partial charge in [0.2, 0.25) is 12.7 Å². The van der Waals surface area contributed by atoms with E-state index >= 15 is 0 Å². The fourth-order valence-corrected chi connectivity index (χ4v) is 3.89. The maximum atomic E-state index is 12.7. The average molecular weight is 490 g/mol. The Morgan fingerprint density at radius 2 is 1.94 bits per heavy atom. The Balaban J connectivity index is 1.26. The topological polar surface area (TPSA) is 115 Å². The van der Waals surface area contributed by atoms with Gasteiger partial charge in [-0.15, -0.1) is 0 Å². The lowest BCUT2D eigenvalue weighted by Gasteiger charge is -2.26. The van der Waals surface area contributed by atoms with E-state index in [1.54, 1.807) is 38.2 Å². The molecule has 2 aliphatic heterocycles. The minimum Gasteiger partial charge on any atom is -0.454 e. The number of benzene rings is 1. The summed E-state index contributed by atoms with van der Waals surface area (Å²) in [6.45, 7) is 2.07. The fourth-order valence-electron chi connectivity index (χ4n) is 3.65. The van der Waals surface area contributed by atoms with Crippen molar-refractivity contribution >= 4 is 41.1 Å². The van der Waals surface area contributed by atoms with E-state index in [0.29, 0.717) is 53.1 Å². The van der Waals surface area contributed by atoms with Gasteiger partial charge in [-0.2, -0.15) is 5.10 Å². The summed E-state index contributed by atoms with van der Waals surface area (Å²) in [4.78, 5) is 37.4. The van der Waals surface area contributed by atoms with Gasteiger partial charge in [0, 0.05) is 43.5 Å². The fraction of sp³-hybridized carbons (Fsp3) is 0.364. The van der Waals surface area contributed by atoms with Crippen LogP contribution in [0.15, 0.2) is 24.3 Å². The number of amides is 3. The van der Waals surface area contributed by atoms with Gasteiger partial charge >= 0.3 is 0 Å². The summed E-state index contributed by atoms with van der Waals surface area (Å²) in [5, 5.41) is 9.98. The summed E-state index contributed by atoms with van der Waals surface area (Å²) in [6, 6.07) is 5.02. The van der Waals surface area contributed by atoms with Crippen molar-refractivity contribution in [1.29, 1.82) is 0 Å². The third-order valence-electron chi connectivity index (χ3n) is 5.28. The predicted molar refractivity (Wildman–Crippen MR) is 122 cm³/mol. The molecular weight excluding hydrogens is 466 g/mol. The van der Waals surface area contributed by atoms with Gasteiger partial charge < -0.3 is 19.5 Å². The minimum absolute atomic E-state index is 0.140. The Kier molecular flexibility index (Phi) is 7.03. The number of fused-ring (bicyclic) bond motifs is 1. The SMILES string of the molecule is Cc1nn(C)c(Cl)c1C=CC(=O)N1CCCN1C(=O)COCC(=O)Nc1ccc2c(c1)OCO2. The molecule has 2 aromatic rings. The minimum atomic E-state index is -0.423. The Morgan fingerprint density at radius 3 is 2.71 bits per heavy atom. The van der Waals surface area contributed by atoms with Crippen LogP contribution in [0, 0.1) is 6.92 Å². The molecule has 0 spiro atoms. The number of anilines is 1. The number of hydrazine groups is 1. The van der Waals surface area contributed by atoms with E-state index in [4.69, 9.17) is 25.8 Å². The number of carbonyl (C=O) groups excluding carboxylic acids is 3. The van der Waals surface area contributed by atoms with Gasteiger partial charge in [0.25, 0.3) is 11.8 Å². The highest BCUT2D eigenvalue weighted by molar-refractivity contribution is 6.31. The van der Waals surface area contributed by atoms with Crippen molar-refractivity contribution in [3.63, 3.8) is 0 Å². The molecule has 0 radical (unpaired) electrons. The third-order valence-corrected chi connectivity index (χ3v) is 5.73. The summed E-state index contributed by atoms with van der Waals surface area (Å²) < 4.78 is 17.3. The van der Waals surface area contributed by atoms with Crippen molar-refractivity contribution in [2.24, 2.45) is 7.05 Å². The molecule has 3 amide bonds. The first-order valence-electron chi connectivity index (χ1n) is 10.6. The maximum Gasteiger partial charge on any atom is 0.267 e. The van der Waals surface area contributed by atoms with E-state index in [1.807, 2.05) is 0 Å². The van der Waals surface area contributed by atoms with Crippen molar-refractivity contribution in [3.05, 3.63) is 40.7 Å². The first kappa shape index (κ1) is 23.6. The molecule has 4 rings (SSSR count). The van der Waals surface area contributed by atoms with E-state index in [0.717, 1.165) is 0 Å². The van der Waals surface area contributed by atoms with Crippen LogP contribution in [0.5, 0.6) is 11.5 Å². The zero-order valence-electron chi connectivity index (χ0n) is 18.7. The molecule has 1 fully saturated rings. The zero-order valence-corrected chi connectivity index (χ0v) is 19.5. The number of rotatable bonds is 7. The summed E-state index contributed by atoms with van der Waals surface area (Å²) in [6.07, 6.45) is 3.59. The predicted octanol–water partition coefficient (Wildman–Crippen LogP) is 1.76.